The van der Waals surface area contributed by atoms with E-state index in [2.05, 4.69) is 24.6 Å². The molecule has 2 rings (SSSR count). The zero-order valence-electron chi connectivity index (χ0n) is 8.42. The van der Waals surface area contributed by atoms with E-state index in [0.29, 0.717) is 0 Å². The predicted molar refractivity (Wildman–Crippen MR) is 60.1 cm³/mol. The molecule has 0 spiro atoms. The standard InChI is InChI=1S/C11H19NS/c1-12-7-5-10(6-8-12)11(13)9-3-2-4-9/h10,13H,2-8H2,1H3. The highest BCUT2D eigenvalue weighted by atomic mass is 32.1. The predicted octanol–water partition coefficient (Wildman–Crippen LogP) is 2.70. The van der Waals surface area contributed by atoms with Gasteiger partial charge in [-0.2, -0.15) is 0 Å². The molecule has 0 N–H and O–H groups in total. The largest absolute Gasteiger partial charge is 0.306 e. The maximum absolute atomic E-state index is 4.69. The van der Waals surface area contributed by atoms with Gasteiger partial charge in [0.25, 0.3) is 0 Å². The molecule has 1 aliphatic heterocycles. The average molecular weight is 197 g/mol. The van der Waals surface area contributed by atoms with Gasteiger partial charge >= 0.3 is 0 Å². The highest BCUT2D eigenvalue weighted by Crippen LogP contribution is 2.37. The van der Waals surface area contributed by atoms with Crippen LogP contribution in [0.25, 0.3) is 0 Å². The Morgan fingerprint density at radius 2 is 1.92 bits per heavy atom. The lowest BCUT2D eigenvalue weighted by atomic mass is 9.86. The van der Waals surface area contributed by atoms with Gasteiger partial charge in [0, 0.05) is 0 Å². The summed E-state index contributed by atoms with van der Waals surface area (Å²) in [6, 6.07) is 0. The number of nitrogens with zero attached hydrogens (tertiary/aromatic N) is 1. The maximum atomic E-state index is 4.69. The molecule has 0 atom stereocenters. The number of rotatable bonds is 1. The monoisotopic (exact) mass is 197 g/mol. The van der Waals surface area contributed by atoms with Gasteiger partial charge in [-0.05, 0) is 63.1 Å². The molecule has 0 bridgehead atoms. The summed E-state index contributed by atoms with van der Waals surface area (Å²) in [4.78, 5) is 3.86. The molecule has 13 heavy (non-hydrogen) atoms. The number of hydrogen-bond acceptors (Lipinski definition) is 2. The summed E-state index contributed by atoms with van der Waals surface area (Å²) < 4.78 is 0. The topological polar surface area (TPSA) is 3.24 Å². The lowest BCUT2D eigenvalue weighted by Gasteiger charge is -2.32. The SMILES string of the molecule is CN1CCC(C(S)=C2CCC2)CC1. The smallest absolute Gasteiger partial charge is 0.00158 e. The molecule has 1 saturated heterocycles. The normalized spacial score (nSPS) is 25.8. The zero-order valence-corrected chi connectivity index (χ0v) is 9.32. The molecule has 0 radical (unpaired) electrons. The Hall–Kier alpha value is 0.0500. The first-order valence-electron chi connectivity index (χ1n) is 5.37. The molecular formula is C11H19NS. The number of thiol groups is 1. The van der Waals surface area contributed by atoms with Crippen molar-refractivity contribution in [3.63, 3.8) is 0 Å². The minimum Gasteiger partial charge on any atom is -0.306 e. The molecule has 1 saturated carbocycles. The van der Waals surface area contributed by atoms with Gasteiger partial charge in [0.1, 0.15) is 0 Å². The fourth-order valence-electron chi connectivity index (χ4n) is 2.18. The minimum atomic E-state index is 0.787. The second kappa shape index (κ2) is 4.05. The number of allylic oxidation sites excluding steroid dienone is 2. The van der Waals surface area contributed by atoms with Crippen LogP contribution in [0.15, 0.2) is 10.5 Å². The van der Waals surface area contributed by atoms with Crippen LogP contribution in [0, 0.1) is 5.92 Å². The maximum Gasteiger partial charge on any atom is -0.00158 e. The van der Waals surface area contributed by atoms with Crippen LogP contribution in [0.1, 0.15) is 32.1 Å². The van der Waals surface area contributed by atoms with Crippen LogP contribution in [0.4, 0.5) is 0 Å². The molecular weight excluding hydrogens is 178 g/mol. The van der Waals surface area contributed by atoms with Crippen LogP contribution in [0.3, 0.4) is 0 Å². The van der Waals surface area contributed by atoms with E-state index >= 15 is 0 Å². The van der Waals surface area contributed by atoms with E-state index in [1.54, 1.807) is 5.57 Å². The van der Waals surface area contributed by atoms with Crippen molar-refractivity contribution in [2.75, 3.05) is 20.1 Å². The Bertz CT molecular complexity index is 208. The van der Waals surface area contributed by atoms with Crippen LogP contribution in [-0.4, -0.2) is 25.0 Å². The van der Waals surface area contributed by atoms with Gasteiger partial charge in [-0.3, -0.25) is 0 Å². The van der Waals surface area contributed by atoms with E-state index < -0.39 is 0 Å². The zero-order chi connectivity index (χ0) is 9.26. The van der Waals surface area contributed by atoms with Gasteiger partial charge < -0.3 is 4.90 Å². The summed E-state index contributed by atoms with van der Waals surface area (Å²) in [5.41, 5.74) is 1.65. The minimum absolute atomic E-state index is 0.787. The Morgan fingerprint density at radius 3 is 2.38 bits per heavy atom. The highest BCUT2D eigenvalue weighted by molar-refractivity contribution is 7.84. The second-order valence-electron chi connectivity index (χ2n) is 4.42. The van der Waals surface area contributed by atoms with E-state index in [9.17, 15) is 0 Å². The van der Waals surface area contributed by atoms with Crippen molar-refractivity contribution in [1.29, 1.82) is 0 Å². The summed E-state index contributed by atoms with van der Waals surface area (Å²) in [6.07, 6.45) is 6.68. The van der Waals surface area contributed by atoms with Crippen LogP contribution < -0.4 is 0 Å². The first-order chi connectivity index (χ1) is 6.27. The molecule has 2 fully saturated rings. The Balaban J connectivity index is 1.93. The third-order valence-electron chi connectivity index (χ3n) is 3.42. The third kappa shape index (κ3) is 2.10. The molecule has 1 aliphatic carbocycles. The van der Waals surface area contributed by atoms with Crippen molar-refractivity contribution in [2.45, 2.75) is 32.1 Å². The Morgan fingerprint density at radius 1 is 1.31 bits per heavy atom. The van der Waals surface area contributed by atoms with Crippen LogP contribution in [-0.2, 0) is 0 Å². The molecule has 2 aliphatic rings. The number of piperidine rings is 1. The van der Waals surface area contributed by atoms with E-state index in [0.717, 1.165) is 5.92 Å². The molecule has 1 nitrogen and oxygen atoms in total. The van der Waals surface area contributed by atoms with Crippen molar-refractivity contribution in [2.24, 2.45) is 5.92 Å². The van der Waals surface area contributed by atoms with Crippen molar-refractivity contribution in [3.8, 4) is 0 Å². The fourth-order valence-corrected chi connectivity index (χ4v) is 2.66. The van der Waals surface area contributed by atoms with Crippen molar-refractivity contribution in [3.05, 3.63) is 10.5 Å². The third-order valence-corrected chi connectivity index (χ3v) is 4.11. The lowest BCUT2D eigenvalue weighted by Crippen LogP contribution is -2.30. The molecule has 0 amide bonds. The quantitative estimate of drug-likeness (QED) is 0.633. The Labute approximate surface area is 86.6 Å². The van der Waals surface area contributed by atoms with E-state index in [-0.39, 0.29) is 0 Å². The molecule has 1 heterocycles. The molecule has 0 aromatic heterocycles. The van der Waals surface area contributed by atoms with Crippen molar-refractivity contribution < 1.29 is 0 Å². The Kier molecular flexibility index (Phi) is 2.99. The van der Waals surface area contributed by atoms with Crippen LogP contribution >= 0.6 is 12.6 Å². The summed E-state index contributed by atoms with van der Waals surface area (Å²) >= 11 is 4.69. The van der Waals surface area contributed by atoms with Crippen LogP contribution in [0.2, 0.25) is 0 Å². The van der Waals surface area contributed by atoms with Crippen LogP contribution in [0.5, 0.6) is 0 Å². The number of likely N-dealkylation sites (tertiary alicyclic amines) is 1. The van der Waals surface area contributed by atoms with Gasteiger partial charge in [0.2, 0.25) is 0 Å². The molecule has 0 aromatic carbocycles. The van der Waals surface area contributed by atoms with Gasteiger partial charge in [0.05, 0.1) is 0 Å². The van der Waals surface area contributed by atoms with E-state index in [1.807, 2.05) is 0 Å². The van der Waals surface area contributed by atoms with Gasteiger partial charge in [-0.15, -0.1) is 12.6 Å². The van der Waals surface area contributed by atoms with E-state index in [1.165, 1.54) is 50.1 Å². The fraction of sp³-hybridized carbons (Fsp3) is 0.818. The average Bonchev–Trinajstić information content (AvgIpc) is 2.02. The van der Waals surface area contributed by atoms with E-state index in [4.69, 9.17) is 0 Å². The molecule has 0 unspecified atom stereocenters. The molecule has 0 aromatic rings. The first kappa shape index (κ1) is 9.60. The summed E-state index contributed by atoms with van der Waals surface area (Å²) in [6.45, 7) is 2.50. The highest BCUT2D eigenvalue weighted by Gasteiger charge is 2.22. The van der Waals surface area contributed by atoms with Gasteiger partial charge in [0.15, 0.2) is 0 Å². The lowest BCUT2D eigenvalue weighted by molar-refractivity contribution is 0.241. The van der Waals surface area contributed by atoms with Gasteiger partial charge in [-0.1, -0.05) is 5.57 Å². The summed E-state index contributed by atoms with van der Waals surface area (Å²) in [5.74, 6) is 0.787. The van der Waals surface area contributed by atoms with Crippen molar-refractivity contribution in [1.82, 2.24) is 4.90 Å². The first-order valence-corrected chi connectivity index (χ1v) is 5.81. The molecule has 2 heteroatoms. The van der Waals surface area contributed by atoms with Gasteiger partial charge in [-0.25, -0.2) is 0 Å². The molecule has 74 valence electrons. The second-order valence-corrected chi connectivity index (χ2v) is 4.90. The summed E-state index contributed by atoms with van der Waals surface area (Å²) in [5, 5.41) is 0. The van der Waals surface area contributed by atoms with Crippen molar-refractivity contribution >= 4 is 12.6 Å². The number of hydrogen-bond donors (Lipinski definition) is 1. The summed E-state index contributed by atoms with van der Waals surface area (Å²) in [7, 11) is 2.21.